The first-order valence-corrected chi connectivity index (χ1v) is 10.4. The van der Waals surface area contributed by atoms with Crippen molar-refractivity contribution in [2.75, 3.05) is 0 Å². The summed E-state index contributed by atoms with van der Waals surface area (Å²) in [6.45, 7) is 4.51. The second-order valence-electron chi connectivity index (χ2n) is 6.26. The van der Waals surface area contributed by atoms with Crippen LogP contribution in [0.15, 0.2) is 72.8 Å². The minimum atomic E-state index is 1.14. The van der Waals surface area contributed by atoms with Crippen molar-refractivity contribution in [3.05, 3.63) is 83.9 Å². The normalized spacial score (nSPS) is 12.4. The van der Waals surface area contributed by atoms with Gasteiger partial charge in [0, 0.05) is 9.81 Å². The Bertz CT molecular complexity index is 594. The third kappa shape index (κ3) is 6.96. The van der Waals surface area contributed by atoms with Gasteiger partial charge >= 0.3 is 0 Å². The molecule has 0 fully saturated rings. The highest BCUT2D eigenvalue weighted by Crippen LogP contribution is 2.40. The Morgan fingerprint density at radius 1 is 0.680 bits per heavy atom. The van der Waals surface area contributed by atoms with Crippen LogP contribution in [-0.4, -0.2) is 0 Å². The molecule has 0 nitrogen and oxygen atoms in total. The van der Waals surface area contributed by atoms with E-state index in [0.717, 1.165) is 12.8 Å². The number of unbranched alkanes of at least 4 members (excludes halogenated alkanes) is 4. The Balaban J connectivity index is 2.27. The molecule has 2 rings (SSSR count). The Labute approximate surface area is 158 Å². The number of allylic oxidation sites excluding steroid dienone is 2. The predicted octanol–water partition coefficient (Wildman–Crippen LogP) is 8.18. The molecule has 0 amide bonds. The molecule has 0 spiro atoms. The Morgan fingerprint density at radius 2 is 1.08 bits per heavy atom. The van der Waals surface area contributed by atoms with E-state index in [1.54, 1.807) is 0 Å². The molecule has 0 saturated heterocycles. The van der Waals surface area contributed by atoms with Crippen LogP contribution in [-0.2, 0) is 0 Å². The minimum Gasteiger partial charge on any atom is -0.0895 e. The molecule has 0 N–H and O–H groups in total. The van der Waals surface area contributed by atoms with E-state index in [1.165, 1.54) is 46.6 Å². The van der Waals surface area contributed by atoms with E-state index in [0.29, 0.717) is 0 Å². The third-order valence-electron chi connectivity index (χ3n) is 4.11. The largest absolute Gasteiger partial charge is 0.0895 e. The van der Waals surface area contributed by atoms with Gasteiger partial charge in [-0.05, 0) is 24.0 Å². The molecule has 2 aromatic carbocycles. The molecule has 132 valence electrons. The van der Waals surface area contributed by atoms with Crippen LogP contribution in [0.4, 0.5) is 0 Å². The van der Waals surface area contributed by atoms with Crippen molar-refractivity contribution in [2.24, 2.45) is 0 Å². The maximum atomic E-state index is 2.42. The summed E-state index contributed by atoms with van der Waals surface area (Å²) in [5.74, 6) is 0. The lowest BCUT2D eigenvalue weighted by molar-refractivity contribution is 0.816. The molecule has 0 aliphatic rings. The number of hydrogen-bond donors (Lipinski definition) is 0. The summed E-state index contributed by atoms with van der Waals surface area (Å²) >= 11 is 1.92. The van der Waals surface area contributed by atoms with Crippen LogP contribution in [0.25, 0.3) is 9.81 Å². The molecule has 2 aromatic rings. The number of thioether (sulfide) groups is 1. The van der Waals surface area contributed by atoms with Gasteiger partial charge in [-0.3, -0.25) is 0 Å². The lowest BCUT2D eigenvalue weighted by atomic mass is 10.1. The van der Waals surface area contributed by atoms with Gasteiger partial charge < -0.3 is 0 Å². The summed E-state index contributed by atoms with van der Waals surface area (Å²) in [4.78, 5) is 2.75. The summed E-state index contributed by atoms with van der Waals surface area (Å²) < 4.78 is 0. The Kier molecular flexibility index (Phi) is 9.22. The molecule has 25 heavy (non-hydrogen) atoms. The van der Waals surface area contributed by atoms with Gasteiger partial charge in [-0.2, -0.15) is 0 Å². The molecule has 0 bridgehead atoms. The number of hydrogen-bond acceptors (Lipinski definition) is 1. The van der Waals surface area contributed by atoms with Gasteiger partial charge in [-0.1, -0.05) is 124 Å². The summed E-state index contributed by atoms with van der Waals surface area (Å²) in [5.41, 5.74) is 2.64. The van der Waals surface area contributed by atoms with E-state index >= 15 is 0 Å². The molecule has 0 aliphatic heterocycles. The fourth-order valence-corrected chi connectivity index (χ4v) is 3.78. The monoisotopic (exact) mass is 350 g/mol. The smallest absolute Gasteiger partial charge is 0.0155 e. The SMILES string of the molecule is CCCCC=C(SC(=CCCCC)c1ccccc1)c1ccccc1. The molecule has 0 saturated carbocycles. The second-order valence-corrected chi connectivity index (χ2v) is 7.34. The van der Waals surface area contributed by atoms with Crippen molar-refractivity contribution in [2.45, 2.75) is 52.4 Å². The highest BCUT2D eigenvalue weighted by molar-refractivity contribution is 8.16. The van der Waals surface area contributed by atoms with Crippen molar-refractivity contribution in [3.8, 4) is 0 Å². The average molecular weight is 351 g/mol. The molecule has 0 heterocycles. The standard InChI is InChI=1S/C24H30S/c1-3-5-9-19-23(21-15-11-7-12-16-21)25-24(20-10-6-4-2)22-17-13-8-14-18-22/h7-8,11-20H,3-6,9-10H2,1-2H3. The first-order valence-electron chi connectivity index (χ1n) is 9.54. The van der Waals surface area contributed by atoms with Gasteiger partial charge in [0.25, 0.3) is 0 Å². The predicted molar refractivity (Wildman–Crippen MR) is 115 cm³/mol. The van der Waals surface area contributed by atoms with Crippen LogP contribution >= 0.6 is 11.8 Å². The first-order chi connectivity index (χ1) is 12.3. The molecule has 1 heteroatoms. The van der Waals surface area contributed by atoms with Crippen molar-refractivity contribution in [1.29, 1.82) is 0 Å². The van der Waals surface area contributed by atoms with Crippen LogP contribution in [0.1, 0.15) is 63.5 Å². The molecular weight excluding hydrogens is 320 g/mol. The maximum absolute atomic E-state index is 2.42. The molecular formula is C24H30S. The highest BCUT2D eigenvalue weighted by atomic mass is 32.2. The first kappa shape index (κ1) is 19.6. The van der Waals surface area contributed by atoms with E-state index in [2.05, 4.69) is 86.7 Å². The van der Waals surface area contributed by atoms with Gasteiger partial charge in [0.05, 0.1) is 0 Å². The molecule has 0 aliphatic carbocycles. The van der Waals surface area contributed by atoms with Gasteiger partial charge in [0.1, 0.15) is 0 Å². The zero-order valence-electron chi connectivity index (χ0n) is 15.6. The average Bonchev–Trinajstić information content (AvgIpc) is 2.67. The molecule has 0 radical (unpaired) electrons. The Morgan fingerprint density at radius 3 is 1.44 bits per heavy atom. The van der Waals surface area contributed by atoms with E-state index in [1.807, 2.05) is 11.8 Å². The van der Waals surface area contributed by atoms with Crippen molar-refractivity contribution in [3.63, 3.8) is 0 Å². The molecule has 0 aromatic heterocycles. The third-order valence-corrected chi connectivity index (χ3v) is 5.36. The van der Waals surface area contributed by atoms with Crippen LogP contribution < -0.4 is 0 Å². The second kappa shape index (κ2) is 11.8. The highest BCUT2D eigenvalue weighted by Gasteiger charge is 2.08. The van der Waals surface area contributed by atoms with Crippen molar-refractivity contribution < 1.29 is 0 Å². The lowest BCUT2D eigenvalue weighted by Gasteiger charge is -2.12. The van der Waals surface area contributed by atoms with Gasteiger partial charge in [-0.25, -0.2) is 0 Å². The summed E-state index contributed by atoms with van der Waals surface area (Å²) in [7, 11) is 0. The lowest BCUT2D eigenvalue weighted by Crippen LogP contribution is -1.85. The zero-order valence-corrected chi connectivity index (χ0v) is 16.4. The molecule has 0 atom stereocenters. The van der Waals surface area contributed by atoms with Crippen LogP contribution in [0.5, 0.6) is 0 Å². The van der Waals surface area contributed by atoms with Gasteiger partial charge in [0.2, 0.25) is 0 Å². The summed E-state index contributed by atoms with van der Waals surface area (Å²) in [6.07, 6.45) is 12.1. The maximum Gasteiger partial charge on any atom is 0.0155 e. The van der Waals surface area contributed by atoms with Crippen LogP contribution in [0, 0.1) is 0 Å². The van der Waals surface area contributed by atoms with Gasteiger partial charge in [-0.15, -0.1) is 0 Å². The van der Waals surface area contributed by atoms with Crippen molar-refractivity contribution in [1.82, 2.24) is 0 Å². The van der Waals surface area contributed by atoms with Gasteiger partial charge in [0.15, 0.2) is 0 Å². The number of benzene rings is 2. The quantitative estimate of drug-likeness (QED) is 0.389. The Hall–Kier alpha value is -1.73. The topological polar surface area (TPSA) is 0 Å². The van der Waals surface area contributed by atoms with Crippen molar-refractivity contribution >= 4 is 21.6 Å². The van der Waals surface area contributed by atoms with E-state index in [4.69, 9.17) is 0 Å². The van der Waals surface area contributed by atoms with Crippen LogP contribution in [0.3, 0.4) is 0 Å². The van der Waals surface area contributed by atoms with E-state index < -0.39 is 0 Å². The fourth-order valence-electron chi connectivity index (χ4n) is 2.63. The molecule has 0 unspecified atom stereocenters. The summed E-state index contributed by atoms with van der Waals surface area (Å²) in [6, 6.07) is 21.6. The van der Waals surface area contributed by atoms with Crippen LogP contribution in [0.2, 0.25) is 0 Å². The number of rotatable bonds is 10. The summed E-state index contributed by atoms with van der Waals surface area (Å²) in [5, 5.41) is 0. The minimum absolute atomic E-state index is 1.14. The van der Waals surface area contributed by atoms with E-state index in [-0.39, 0.29) is 0 Å². The zero-order chi connectivity index (χ0) is 17.7. The fraction of sp³-hybridized carbons (Fsp3) is 0.333. The van der Waals surface area contributed by atoms with E-state index in [9.17, 15) is 0 Å².